The molecule has 2 aromatic carbocycles. The highest BCUT2D eigenvalue weighted by atomic mass is 16.7. The van der Waals surface area contributed by atoms with Crippen LogP contribution < -0.4 is 0 Å². The maximum Gasteiger partial charge on any atom is 0.183 e. The van der Waals surface area contributed by atoms with Crippen LogP contribution in [0.1, 0.15) is 99.2 Å². The number of rotatable bonds is 7. The fraction of sp³-hybridized carbons (Fsp3) is 0.571. The van der Waals surface area contributed by atoms with E-state index in [2.05, 4.69) is 62.4 Å². The van der Waals surface area contributed by atoms with E-state index in [0.717, 1.165) is 37.0 Å². The number of aryl methyl sites for hydroxylation is 1. The van der Waals surface area contributed by atoms with Gasteiger partial charge in [-0.2, -0.15) is 0 Å². The van der Waals surface area contributed by atoms with Crippen molar-refractivity contribution in [1.29, 1.82) is 0 Å². The highest BCUT2D eigenvalue weighted by Gasteiger charge is 2.26. The molecule has 1 saturated heterocycles. The van der Waals surface area contributed by atoms with Crippen LogP contribution in [0.25, 0.3) is 0 Å². The third kappa shape index (κ3) is 5.34. The van der Waals surface area contributed by atoms with Crippen molar-refractivity contribution in [2.24, 2.45) is 5.92 Å². The predicted octanol–water partition coefficient (Wildman–Crippen LogP) is 7.54. The summed E-state index contributed by atoms with van der Waals surface area (Å²) < 4.78 is 12.2. The summed E-state index contributed by atoms with van der Waals surface area (Å²) in [4.78, 5) is 0. The second kappa shape index (κ2) is 10.6. The molecule has 0 radical (unpaired) electrons. The van der Waals surface area contributed by atoms with Crippen LogP contribution in [0.4, 0.5) is 0 Å². The van der Waals surface area contributed by atoms with Gasteiger partial charge >= 0.3 is 0 Å². The Labute approximate surface area is 183 Å². The van der Waals surface area contributed by atoms with Gasteiger partial charge in [-0.3, -0.25) is 0 Å². The quantitative estimate of drug-likeness (QED) is 0.473. The van der Waals surface area contributed by atoms with Crippen LogP contribution in [0, 0.1) is 5.92 Å². The first-order chi connectivity index (χ1) is 14.8. The maximum atomic E-state index is 6.09. The number of ether oxygens (including phenoxy) is 2. The van der Waals surface area contributed by atoms with Gasteiger partial charge in [0.15, 0.2) is 6.29 Å². The fourth-order valence-corrected chi connectivity index (χ4v) is 5.25. The number of benzene rings is 2. The van der Waals surface area contributed by atoms with Crippen LogP contribution in [-0.4, -0.2) is 13.2 Å². The van der Waals surface area contributed by atoms with Crippen molar-refractivity contribution in [2.45, 2.75) is 83.3 Å². The van der Waals surface area contributed by atoms with E-state index in [9.17, 15) is 0 Å². The van der Waals surface area contributed by atoms with E-state index in [-0.39, 0.29) is 6.29 Å². The molecule has 30 heavy (non-hydrogen) atoms. The van der Waals surface area contributed by atoms with E-state index in [0.29, 0.717) is 5.92 Å². The molecular weight excluding hydrogens is 368 g/mol. The molecule has 1 saturated carbocycles. The van der Waals surface area contributed by atoms with Gasteiger partial charge in [0.05, 0.1) is 13.2 Å². The molecule has 1 heterocycles. The van der Waals surface area contributed by atoms with Gasteiger partial charge in [0.25, 0.3) is 0 Å². The minimum absolute atomic E-state index is 0.227. The SMILES string of the molecule is CCCc1ccc(C2OCC(c3ccc(C4CCC(CCC)CC4)cc3)CO2)cc1. The van der Waals surface area contributed by atoms with Crippen LogP contribution in [0.5, 0.6) is 0 Å². The molecule has 2 nitrogen and oxygen atoms in total. The van der Waals surface area contributed by atoms with Gasteiger partial charge < -0.3 is 9.47 Å². The van der Waals surface area contributed by atoms with E-state index in [1.165, 1.54) is 61.6 Å². The maximum absolute atomic E-state index is 6.09. The lowest BCUT2D eigenvalue weighted by Crippen LogP contribution is -2.25. The van der Waals surface area contributed by atoms with Crippen molar-refractivity contribution >= 4 is 0 Å². The normalized spacial score (nSPS) is 27.1. The van der Waals surface area contributed by atoms with Gasteiger partial charge in [0.1, 0.15) is 0 Å². The third-order valence-corrected chi connectivity index (χ3v) is 7.11. The van der Waals surface area contributed by atoms with Crippen molar-refractivity contribution in [3.63, 3.8) is 0 Å². The first-order valence-corrected chi connectivity index (χ1v) is 12.2. The van der Waals surface area contributed by atoms with Crippen LogP contribution in [0.2, 0.25) is 0 Å². The number of hydrogen-bond donors (Lipinski definition) is 0. The zero-order valence-electron chi connectivity index (χ0n) is 18.8. The molecule has 0 spiro atoms. The zero-order chi connectivity index (χ0) is 20.8. The molecule has 0 atom stereocenters. The molecule has 0 aromatic heterocycles. The molecule has 1 aliphatic carbocycles. The van der Waals surface area contributed by atoms with Gasteiger partial charge in [-0.15, -0.1) is 0 Å². The summed E-state index contributed by atoms with van der Waals surface area (Å²) in [5.41, 5.74) is 5.38. The van der Waals surface area contributed by atoms with Crippen LogP contribution in [0.15, 0.2) is 48.5 Å². The van der Waals surface area contributed by atoms with Crippen molar-refractivity contribution < 1.29 is 9.47 Å². The Morgan fingerprint density at radius 2 is 1.23 bits per heavy atom. The molecule has 4 rings (SSSR count). The monoisotopic (exact) mass is 406 g/mol. The summed E-state index contributed by atoms with van der Waals surface area (Å²) in [7, 11) is 0. The summed E-state index contributed by atoms with van der Waals surface area (Å²) in [6.07, 6.45) is 10.4. The molecule has 0 unspecified atom stereocenters. The van der Waals surface area contributed by atoms with E-state index in [1.807, 2.05) is 0 Å². The molecule has 1 aliphatic heterocycles. The van der Waals surface area contributed by atoms with Gasteiger partial charge in [-0.05, 0) is 60.6 Å². The average Bonchev–Trinajstić information content (AvgIpc) is 2.81. The lowest BCUT2D eigenvalue weighted by molar-refractivity contribution is -0.191. The molecule has 0 amide bonds. The average molecular weight is 407 g/mol. The fourth-order valence-electron chi connectivity index (χ4n) is 5.25. The first kappa shape index (κ1) is 21.6. The van der Waals surface area contributed by atoms with Gasteiger partial charge in [0, 0.05) is 11.5 Å². The smallest absolute Gasteiger partial charge is 0.183 e. The highest BCUT2D eigenvalue weighted by molar-refractivity contribution is 5.29. The Morgan fingerprint density at radius 1 is 0.667 bits per heavy atom. The standard InChI is InChI=1S/C28H38O2/c1-3-5-21-7-11-23(12-8-21)24-15-17-25(18-16-24)27-19-29-28(30-20-27)26-13-9-22(6-4-2)10-14-26/h9-10,13-18,21,23,27-28H,3-8,11-12,19-20H2,1-2H3. The van der Waals surface area contributed by atoms with E-state index in [1.54, 1.807) is 0 Å². The molecule has 2 fully saturated rings. The Kier molecular flexibility index (Phi) is 7.62. The summed E-state index contributed by atoms with van der Waals surface area (Å²) in [5, 5.41) is 0. The van der Waals surface area contributed by atoms with Crippen molar-refractivity contribution in [2.75, 3.05) is 13.2 Å². The Hall–Kier alpha value is -1.64. The molecule has 2 aromatic rings. The molecule has 2 aliphatic rings. The highest BCUT2D eigenvalue weighted by Crippen LogP contribution is 2.38. The van der Waals surface area contributed by atoms with Crippen molar-refractivity contribution in [1.82, 2.24) is 0 Å². The van der Waals surface area contributed by atoms with E-state index in [4.69, 9.17) is 9.47 Å². The molecule has 2 heteroatoms. The summed E-state index contributed by atoms with van der Waals surface area (Å²) in [5.74, 6) is 2.05. The van der Waals surface area contributed by atoms with Crippen LogP contribution in [0.3, 0.4) is 0 Å². The minimum Gasteiger partial charge on any atom is -0.348 e. The molecule has 0 N–H and O–H groups in total. The van der Waals surface area contributed by atoms with Crippen LogP contribution in [-0.2, 0) is 15.9 Å². The van der Waals surface area contributed by atoms with Gasteiger partial charge in [-0.25, -0.2) is 0 Å². The zero-order valence-corrected chi connectivity index (χ0v) is 18.8. The lowest BCUT2D eigenvalue weighted by atomic mass is 9.77. The summed E-state index contributed by atoms with van der Waals surface area (Å²) >= 11 is 0. The number of hydrogen-bond acceptors (Lipinski definition) is 2. The summed E-state index contributed by atoms with van der Waals surface area (Å²) in [6.45, 7) is 5.98. The third-order valence-electron chi connectivity index (χ3n) is 7.11. The summed E-state index contributed by atoms with van der Waals surface area (Å²) in [6, 6.07) is 18.0. The largest absolute Gasteiger partial charge is 0.348 e. The van der Waals surface area contributed by atoms with E-state index < -0.39 is 0 Å². The molecule has 162 valence electrons. The Bertz CT molecular complexity index is 748. The molecule has 0 bridgehead atoms. The Morgan fingerprint density at radius 3 is 1.80 bits per heavy atom. The van der Waals surface area contributed by atoms with E-state index >= 15 is 0 Å². The van der Waals surface area contributed by atoms with Crippen molar-refractivity contribution in [3.05, 3.63) is 70.8 Å². The minimum atomic E-state index is -0.227. The van der Waals surface area contributed by atoms with Gasteiger partial charge in [-0.1, -0.05) is 81.6 Å². The van der Waals surface area contributed by atoms with Crippen LogP contribution >= 0.6 is 0 Å². The second-order valence-electron chi connectivity index (χ2n) is 9.36. The first-order valence-electron chi connectivity index (χ1n) is 12.2. The molecular formula is C28H38O2. The predicted molar refractivity (Wildman–Crippen MR) is 124 cm³/mol. The second-order valence-corrected chi connectivity index (χ2v) is 9.36. The Balaban J connectivity index is 1.29. The van der Waals surface area contributed by atoms with Crippen molar-refractivity contribution in [3.8, 4) is 0 Å². The lowest BCUT2D eigenvalue weighted by Gasteiger charge is -2.31. The van der Waals surface area contributed by atoms with Gasteiger partial charge in [0.2, 0.25) is 0 Å². The topological polar surface area (TPSA) is 18.5 Å².